The van der Waals surface area contributed by atoms with E-state index >= 15 is 0 Å². The molecule has 8 rings (SSSR count). The van der Waals surface area contributed by atoms with Crippen LogP contribution in [0.15, 0.2) is 146 Å². The van der Waals surface area contributed by atoms with Crippen molar-refractivity contribution in [1.29, 1.82) is 0 Å². The summed E-state index contributed by atoms with van der Waals surface area (Å²) in [6.07, 6.45) is 2.16. The summed E-state index contributed by atoms with van der Waals surface area (Å²) in [6.45, 7) is 0. The molecule has 0 spiro atoms. The van der Waals surface area contributed by atoms with E-state index in [9.17, 15) is 0 Å². The SMILES string of the molecule is c1ccc(-c2ccc3ccc4c(-c5ccccc5)cc(Cc5nc(-c6ccccc6)nc(-c6ccccn6)n5)nc4c3n2)cc1. The van der Waals surface area contributed by atoms with Crippen LogP contribution in [-0.4, -0.2) is 29.9 Å². The average molecular weight is 579 g/mol. The second kappa shape index (κ2) is 11.5. The summed E-state index contributed by atoms with van der Waals surface area (Å²) in [5.41, 5.74) is 8.35. The third-order valence-corrected chi connectivity index (χ3v) is 7.79. The van der Waals surface area contributed by atoms with Gasteiger partial charge in [0.15, 0.2) is 11.6 Å². The van der Waals surface area contributed by atoms with Crippen molar-refractivity contribution in [3.8, 4) is 45.3 Å². The van der Waals surface area contributed by atoms with Crippen molar-refractivity contribution in [2.45, 2.75) is 6.42 Å². The summed E-state index contributed by atoms with van der Waals surface area (Å²) in [5.74, 6) is 1.75. The van der Waals surface area contributed by atoms with Gasteiger partial charge in [-0.25, -0.2) is 19.9 Å². The molecule has 0 N–H and O–H groups in total. The molecule has 0 fully saturated rings. The standard InChI is InChI=1S/C39H26N6/c1-4-12-26(13-5-1)32-24-30(41-37-31(32)21-19-28-20-22-33(42-36(28)37)27-14-6-2-7-15-27)25-35-43-38(29-16-8-3-9-17-29)45-39(44-35)34-18-10-11-23-40-34/h1-24H,25H2. The molecule has 212 valence electrons. The molecular weight excluding hydrogens is 552 g/mol. The van der Waals surface area contributed by atoms with Crippen molar-refractivity contribution in [3.63, 3.8) is 0 Å². The maximum absolute atomic E-state index is 5.25. The normalized spacial score (nSPS) is 11.2. The zero-order valence-electron chi connectivity index (χ0n) is 24.2. The Balaban J connectivity index is 1.33. The summed E-state index contributed by atoms with van der Waals surface area (Å²) >= 11 is 0. The fraction of sp³-hybridized carbons (Fsp3) is 0.0256. The predicted molar refractivity (Wildman–Crippen MR) is 179 cm³/mol. The van der Waals surface area contributed by atoms with Crippen LogP contribution >= 0.6 is 0 Å². The lowest BCUT2D eigenvalue weighted by Gasteiger charge is -2.13. The Labute approximate surface area is 260 Å². The minimum absolute atomic E-state index is 0.409. The first-order valence-electron chi connectivity index (χ1n) is 14.8. The largest absolute Gasteiger partial charge is 0.253 e. The Morgan fingerprint density at radius 2 is 1.11 bits per heavy atom. The van der Waals surface area contributed by atoms with Gasteiger partial charge in [-0.3, -0.25) is 9.97 Å². The molecule has 6 nitrogen and oxygen atoms in total. The number of rotatable bonds is 6. The number of aromatic nitrogens is 6. The topological polar surface area (TPSA) is 77.3 Å². The van der Waals surface area contributed by atoms with Crippen molar-refractivity contribution < 1.29 is 0 Å². The van der Waals surface area contributed by atoms with E-state index in [0.29, 0.717) is 29.6 Å². The highest BCUT2D eigenvalue weighted by atomic mass is 15.0. The number of nitrogens with zero attached hydrogens (tertiary/aromatic N) is 6. The first kappa shape index (κ1) is 26.5. The minimum atomic E-state index is 0.409. The lowest BCUT2D eigenvalue weighted by Crippen LogP contribution is -2.06. The van der Waals surface area contributed by atoms with Gasteiger partial charge in [0.25, 0.3) is 0 Å². The predicted octanol–water partition coefficient (Wildman–Crippen LogP) is 8.62. The van der Waals surface area contributed by atoms with E-state index in [1.165, 1.54) is 0 Å². The Kier molecular flexibility index (Phi) is 6.77. The number of pyridine rings is 3. The van der Waals surface area contributed by atoms with Gasteiger partial charge in [0.1, 0.15) is 11.5 Å². The van der Waals surface area contributed by atoms with Gasteiger partial charge in [0, 0.05) is 33.8 Å². The molecule has 0 aliphatic carbocycles. The molecule has 0 saturated heterocycles. The number of hydrogen-bond acceptors (Lipinski definition) is 6. The highest BCUT2D eigenvalue weighted by Gasteiger charge is 2.16. The molecule has 0 atom stereocenters. The zero-order chi connectivity index (χ0) is 30.0. The Bertz CT molecular complexity index is 2220. The van der Waals surface area contributed by atoms with Gasteiger partial charge in [0.05, 0.1) is 23.1 Å². The van der Waals surface area contributed by atoms with Crippen molar-refractivity contribution in [2.75, 3.05) is 0 Å². The van der Waals surface area contributed by atoms with Crippen molar-refractivity contribution in [1.82, 2.24) is 29.9 Å². The Morgan fingerprint density at radius 1 is 0.444 bits per heavy atom. The second-order valence-electron chi connectivity index (χ2n) is 10.8. The van der Waals surface area contributed by atoms with Crippen LogP contribution in [0.1, 0.15) is 11.5 Å². The summed E-state index contributed by atoms with van der Waals surface area (Å²) in [6, 6.07) is 47.0. The first-order valence-corrected chi connectivity index (χ1v) is 14.8. The van der Waals surface area contributed by atoms with Crippen LogP contribution in [0, 0.1) is 0 Å². The Morgan fingerprint density at radius 3 is 1.84 bits per heavy atom. The van der Waals surface area contributed by atoms with E-state index in [4.69, 9.17) is 24.9 Å². The third-order valence-electron chi connectivity index (χ3n) is 7.79. The van der Waals surface area contributed by atoms with Crippen molar-refractivity contribution in [3.05, 3.63) is 157 Å². The van der Waals surface area contributed by atoms with Gasteiger partial charge < -0.3 is 0 Å². The van der Waals surface area contributed by atoms with Gasteiger partial charge in [-0.15, -0.1) is 0 Å². The van der Waals surface area contributed by atoms with E-state index in [2.05, 4.69) is 71.7 Å². The van der Waals surface area contributed by atoms with Crippen LogP contribution in [0.5, 0.6) is 0 Å². The van der Waals surface area contributed by atoms with Gasteiger partial charge in [-0.1, -0.05) is 115 Å². The molecule has 6 heteroatoms. The molecule has 4 aromatic heterocycles. The van der Waals surface area contributed by atoms with E-state index in [1.807, 2.05) is 72.8 Å². The van der Waals surface area contributed by atoms with Crippen LogP contribution in [0.3, 0.4) is 0 Å². The lowest BCUT2D eigenvalue weighted by atomic mass is 9.97. The van der Waals surface area contributed by atoms with Crippen LogP contribution < -0.4 is 0 Å². The molecule has 0 aliphatic rings. The third kappa shape index (κ3) is 5.30. The number of benzene rings is 4. The quantitative estimate of drug-likeness (QED) is 0.184. The summed E-state index contributed by atoms with van der Waals surface area (Å²) < 4.78 is 0. The van der Waals surface area contributed by atoms with Crippen molar-refractivity contribution in [2.24, 2.45) is 0 Å². The molecule has 0 bridgehead atoms. The van der Waals surface area contributed by atoms with Crippen LogP contribution in [-0.2, 0) is 6.42 Å². The fourth-order valence-electron chi connectivity index (χ4n) is 5.63. The molecule has 0 unspecified atom stereocenters. The average Bonchev–Trinajstić information content (AvgIpc) is 3.12. The van der Waals surface area contributed by atoms with Gasteiger partial charge in [-0.05, 0) is 35.4 Å². The molecule has 8 aromatic rings. The monoisotopic (exact) mass is 578 g/mol. The molecule has 0 amide bonds. The molecular formula is C39H26N6. The highest BCUT2D eigenvalue weighted by molar-refractivity contribution is 6.08. The molecule has 4 heterocycles. The molecule has 0 radical (unpaired) electrons. The fourth-order valence-corrected chi connectivity index (χ4v) is 5.63. The van der Waals surface area contributed by atoms with Gasteiger partial charge >= 0.3 is 0 Å². The molecule has 4 aromatic carbocycles. The minimum Gasteiger partial charge on any atom is -0.253 e. The maximum atomic E-state index is 5.25. The number of hydrogen-bond donors (Lipinski definition) is 0. The van der Waals surface area contributed by atoms with Crippen LogP contribution in [0.25, 0.3) is 67.1 Å². The Hall–Kier alpha value is -6.14. The van der Waals surface area contributed by atoms with E-state index in [0.717, 1.165) is 55.4 Å². The first-order chi connectivity index (χ1) is 22.3. The maximum Gasteiger partial charge on any atom is 0.182 e. The van der Waals surface area contributed by atoms with E-state index in [1.54, 1.807) is 6.20 Å². The van der Waals surface area contributed by atoms with Gasteiger partial charge in [0.2, 0.25) is 0 Å². The lowest BCUT2D eigenvalue weighted by molar-refractivity contribution is 0.911. The summed E-state index contributed by atoms with van der Waals surface area (Å²) in [4.78, 5) is 29.5. The molecule has 0 aliphatic heterocycles. The highest BCUT2D eigenvalue weighted by Crippen LogP contribution is 2.34. The van der Waals surface area contributed by atoms with Crippen molar-refractivity contribution >= 4 is 21.8 Å². The zero-order valence-corrected chi connectivity index (χ0v) is 24.2. The van der Waals surface area contributed by atoms with E-state index in [-0.39, 0.29) is 0 Å². The number of fused-ring (bicyclic) bond motifs is 3. The van der Waals surface area contributed by atoms with Crippen LogP contribution in [0.2, 0.25) is 0 Å². The second-order valence-corrected chi connectivity index (χ2v) is 10.8. The summed E-state index contributed by atoms with van der Waals surface area (Å²) in [5, 5.41) is 2.08. The smallest absolute Gasteiger partial charge is 0.182 e. The summed E-state index contributed by atoms with van der Waals surface area (Å²) in [7, 11) is 0. The van der Waals surface area contributed by atoms with Gasteiger partial charge in [-0.2, -0.15) is 0 Å². The van der Waals surface area contributed by atoms with Crippen LogP contribution in [0.4, 0.5) is 0 Å². The van der Waals surface area contributed by atoms with E-state index < -0.39 is 0 Å². The molecule has 0 saturated carbocycles. The molecule has 45 heavy (non-hydrogen) atoms.